The molecule has 0 heterocycles. The van der Waals surface area contributed by atoms with Gasteiger partial charge in [0.2, 0.25) is 0 Å². The number of allylic oxidation sites excluding steroid dienone is 5. The Morgan fingerprint density at radius 2 is 1.92 bits per heavy atom. The van der Waals surface area contributed by atoms with Gasteiger partial charge < -0.3 is 0 Å². The monoisotopic (exact) mass is 326 g/mol. The van der Waals surface area contributed by atoms with Gasteiger partial charge in [0.05, 0.1) is 0 Å². The van der Waals surface area contributed by atoms with Gasteiger partial charge in [-0.15, -0.1) is 0 Å². The molecule has 0 radical (unpaired) electrons. The van der Waals surface area contributed by atoms with Crippen LogP contribution in [0.1, 0.15) is 79.6 Å². The van der Waals surface area contributed by atoms with Crippen LogP contribution in [0.15, 0.2) is 35.5 Å². The van der Waals surface area contributed by atoms with Gasteiger partial charge in [0.25, 0.3) is 0 Å². The smallest absolute Gasteiger partial charge is 0.0143 e. The summed E-state index contributed by atoms with van der Waals surface area (Å²) >= 11 is 0. The highest BCUT2D eigenvalue weighted by Gasteiger charge is 2.49. The van der Waals surface area contributed by atoms with E-state index in [-0.39, 0.29) is 0 Å². The number of fused-ring (bicyclic) bond motifs is 1. The van der Waals surface area contributed by atoms with Gasteiger partial charge in [-0.05, 0) is 91.1 Å². The molecule has 0 aromatic carbocycles. The summed E-state index contributed by atoms with van der Waals surface area (Å²) in [6, 6.07) is 0. The van der Waals surface area contributed by atoms with Crippen LogP contribution in [0, 0.1) is 35.0 Å². The van der Waals surface area contributed by atoms with E-state index in [1.807, 2.05) is 0 Å². The summed E-state index contributed by atoms with van der Waals surface area (Å²) < 4.78 is 0. The van der Waals surface area contributed by atoms with Gasteiger partial charge >= 0.3 is 0 Å². The molecule has 2 unspecified atom stereocenters. The third-order valence-electron chi connectivity index (χ3n) is 7.67. The molecular formula is C24H38. The van der Waals surface area contributed by atoms with E-state index in [9.17, 15) is 0 Å². The largest absolute Gasteiger partial charge is 0.0953 e. The van der Waals surface area contributed by atoms with Crippen molar-refractivity contribution in [1.82, 2.24) is 0 Å². The second-order valence-corrected chi connectivity index (χ2v) is 9.74. The number of hydrogen-bond acceptors (Lipinski definition) is 0. The fourth-order valence-corrected chi connectivity index (χ4v) is 6.41. The summed E-state index contributed by atoms with van der Waals surface area (Å²) in [5.41, 5.74) is 5.23. The Bertz CT molecular complexity index is 546. The van der Waals surface area contributed by atoms with Crippen LogP contribution in [-0.2, 0) is 0 Å². The van der Waals surface area contributed by atoms with Crippen LogP contribution in [0.5, 0.6) is 0 Å². The van der Waals surface area contributed by atoms with Crippen molar-refractivity contribution in [2.24, 2.45) is 35.0 Å². The first-order valence-electron chi connectivity index (χ1n) is 10.4. The number of hydrogen-bond donors (Lipinski definition) is 0. The topological polar surface area (TPSA) is 0 Å². The molecule has 3 saturated carbocycles. The molecule has 0 aromatic heterocycles. The van der Waals surface area contributed by atoms with E-state index in [4.69, 9.17) is 0 Å². The standard InChI is InChI=1S/C24H38/c1-16(2)22-11-12-23-20(8-7-13-24(22,23)6)9-10-21-15-17(3)14-18(4)19(21)5/h9-10,16-18,22-23H,5,7-8,11-15H2,1-4,6H3/b20-9+,21-10-/t17-,18-,22?,23-,24?/m0/s1. The first-order valence-corrected chi connectivity index (χ1v) is 10.4. The molecule has 5 atom stereocenters. The fourth-order valence-electron chi connectivity index (χ4n) is 6.41. The van der Waals surface area contributed by atoms with E-state index in [1.54, 1.807) is 5.57 Å². The minimum atomic E-state index is 0.556. The van der Waals surface area contributed by atoms with Crippen LogP contribution in [0.2, 0.25) is 0 Å². The Kier molecular flexibility index (Phi) is 5.14. The average molecular weight is 327 g/mol. The summed E-state index contributed by atoms with van der Waals surface area (Å²) in [6.07, 6.45) is 14.5. The molecule has 0 nitrogen and oxygen atoms in total. The summed E-state index contributed by atoms with van der Waals surface area (Å²) in [5, 5.41) is 0. The summed E-state index contributed by atoms with van der Waals surface area (Å²) in [4.78, 5) is 0. The molecule has 0 spiro atoms. The summed E-state index contributed by atoms with van der Waals surface area (Å²) in [7, 11) is 0. The van der Waals surface area contributed by atoms with Gasteiger partial charge in [-0.25, -0.2) is 0 Å². The van der Waals surface area contributed by atoms with Crippen LogP contribution in [0.4, 0.5) is 0 Å². The highest BCUT2D eigenvalue weighted by Crippen LogP contribution is 2.59. The van der Waals surface area contributed by atoms with Crippen molar-refractivity contribution in [3.8, 4) is 0 Å². The first kappa shape index (κ1) is 18.0. The predicted octanol–water partition coefficient (Wildman–Crippen LogP) is 7.33. The van der Waals surface area contributed by atoms with Crippen LogP contribution < -0.4 is 0 Å². The molecule has 0 aromatic rings. The molecule has 3 fully saturated rings. The molecule has 0 amide bonds. The lowest BCUT2D eigenvalue weighted by Gasteiger charge is -2.43. The van der Waals surface area contributed by atoms with Crippen molar-refractivity contribution >= 4 is 0 Å². The van der Waals surface area contributed by atoms with Gasteiger partial charge in [0.1, 0.15) is 0 Å². The van der Waals surface area contributed by atoms with E-state index in [2.05, 4.69) is 53.3 Å². The lowest BCUT2D eigenvalue weighted by atomic mass is 9.61. The van der Waals surface area contributed by atoms with Crippen LogP contribution in [-0.4, -0.2) is 0 Å². The Labute approximate surface area is 150 Å². The zero-order valence-electron chi connectivity index (χ0n) is 16.7. The van der Waals surface area contributed by atoms with Crippen molar-refractivity contribution < 1.29 is 0 Å². The van der Waals surface area contributed by atoms with Crippen LogP contribution in [0.3, 0.4) is 0 Å². The second-order valence-electron chi connectivity index (χ2n) is 9.74. The van der Waals surface area contributed by atoms with E-state index >= 15 is 0 Å². The molecular weight excluding hydrogens is 288 g/mol. The van der Waals surface area contributed by atoms with Crippen LogP contribution in [0.25, 0.3) is 0 Å². The predicted molar refractivity (Wildman–Crippen MR) is 106 cm³/mol. The Balaban J connectivity index is 1.83. The SMILES string of the molecule is C=C1/C(=C\C=C2/CCCC3(C)C(C(C)C)CC[C@@H]23)C[C@@H](C)C[C@@H]1C. The Morgan fingerprint density at radius 1 is 1.17 bits per heavy atom. The maximum absolute atomic E-state index is 4.39. The third-order valence-corrected chi connectivity index (χ3v) is 7.67. The molecule has 3 aliphatic carbocycles. The normalized spacial score (nSPS) is 43.7. The molecule has 24 heavy (non-hydrogen) atoms. The number of rotatable bonds is 2. The highest BCUT2D eigenvalue weighted by molar-refractivity contribution is 5.37. The van der Waals surface area contributed by atoms with Crippen molar-refractivity contribution in [2.75, 3.05) is 0 Å². The molecule has 0 heteroatoms. The zero-order valence-corrected chi connectivity index (χ0v) is 16.7. The van der Waals surface area contributed by atoms with Crippen LogP contribution >= 0.6 is 0 Å². The fraction of sp³-hybridized carbons (Fsp3) is 0.750. The third kappa shape index (κ3) is 3.18. The lowest BCUT2D eigenvalue weighted by molar-refractivity contribution is 0.104. The van der Waals surface area contributed by atoms with Gasteiger partial charge in [-0.2, -0.15) is 0 Å². The minimum Gasteiger partial charge on any atom is -0.0953 e. The minimum absolute atomic E-state index is 0.556. The zero-order chi connectivity index (χ0) is 17.5. The molecule has 0 saturated heterocycles. The highest BCUT2D eigenvalue weighted by atomic mass is 14.5. The second kappa shape index (κ2) is 6.85. The van der Waals surface area contributed by atoms with E-state index < -0.39 is 0 Å². The van der Waals surface area contributed by atoms with Gasteiger partial charge in [0.15, 0.2) is 0 Å². The summed E-state index contributed by atoms with van der Waals surface area (Å²) in [6.45, 7) is 16.6. The van der Waals surface area contributed by atoms with Gasteiger partial charge in [-0.3, -0.25) is 0 Å². The van der Waals surface area contributed by atoms with E-state index in [0.29, 0.717) is 11.3 Å². The average Bonchev–Trinajstić information content (AvgIpc) is 2.87. The maximum Gasteiger partial charge on any atom is -0.0143 e. The van der Waals surface area contributed by atoms with Gasteiger partial charge in [0, 0.05) is 0 Å². The molecule has 0 bridgehead atoms. The molecule has 0 N–H and O–H groups in total. The van der Waals surface area contributed by atoms with Gasteiger partial charge in [-0.1, -0.05) is 58.9 Å². The molecule has 3 rings (SSSR count). The quantitative estimate of drug-likeness (QED) is 0.498. The lowest BCUT2D eigenvalue weighted by Crippen LogP contribution is -2.35. The summed E-state index contributed by atoms with van der Waals surface area (Å²) in [5.74, 6) is 4.05. The molecule has 0 aliphatic heterocycles. The van der Waals surface area contributed by atoms with Crippen molar-refractivity contribution in [3.63, 3.8) is 0 Å². The Morgan fingerprint density at radius 3 is 2.62 bits per heavy atom. The van der Waals surface area contributed by atoms with Crippen molar-refractivity contribution in [1.29, 1.82) is 0 Å². The Hall–Kier alpha value is -0.780. The van der Waals surface area contributed by atoms with Crippen molar-refractivity contribution in [2.45, 2.75) is 79.6 Å². The van der Waals surface area contributed by atoms with E-state index in [0.717, 1.165) is 23.7 Å². The van der Waals surface area contributed by atoms with E-state index in [1.165, 1.54) is 56.1 Å². The molecule has 3 aliphatic rings. The van der Waals surface area contributed by atoms with Crippen molar-refractivity contribution in [3.05, 3.63) is 35.5 Å². The first-order chi connectivity index (χ1) is 11.3. The maximum atomic E-state index is 4.39. The molecule has 134 valence electrons.